The number of phenolic OH excluding ortho intramolecular Hbond substituents is 1. The summed E-state index contributed by atoms with van der Waals surface area (Å²) in [6.07, 6.45) is 15.2. The van der Waals surface area contributed by atoms with Crippen molar-refractivity contribution >= 4 is 23.4 Å². The maximum absolute atomic E-state index is 16.3. The zero-order valence-electron chi connectivity index (χ0n) is 52.5. The van der Waals surface area contributed by atoms with Crippen LogP contribution in [0.3, 0.4) is 0 Å². The van der Waals surface area contributed by atoms with Crippen LogP contribution in [0, 0.1) is 82.4 Å². The second-order valence-electron chi connectivity index (χ2n) is 30.7. The van der Waals surface area contributed by atoms with Gasteiger partial charge >= 0.3 is 11.9 Å². The molecule has 1 saturated heterocycles. The van der Waals surface area contributed by atoms with Gasteiger partial charge < -0.3 is 50.2 Å². The number of ketones is 1. The molecule has 0 radical (unpaired) electrons. The average Bonchev–Trinajstić information content (AvgIpc) is 0.718. The molecular formula is C77H93NO12. The minimum atomic E-state index is -1.65. The van der Waals surface area contributed by atoms with E-state index in [2.05, 4.69) is 41.1 Å². The van der Waals surface area contributed by atoms with Crippen LogP contribution in [0.1, 0.15) is 224 Å². The van der Waals surface area contributed by atoms with Crippen LogP contribution in [0.25, 0.3) is 0 Å². The van der Waals surface area contributed by atoms with E-state index in [9.17, 15) is 40.2 Å². The predicted octanol–water partition coefficient (Wildman–Crippen LogP) is 11.5. The number of hydrogen-bond donors (Lipinski definition) is 7. The molecule has 14 aliphatic rings. The number of nitrogens with one attached hydrogen (secondary N) is 1. The van der Waals surface area contributed by atoms with Crippen molar-refractivity contribution < 1.29 is 59.2 Å². The van der Waals surface area contributed by atoms with E-state index in [1.165, 1.54) is 0 Å². The second-order valence-corrected chi connectivity index (χ2v) is 30.7. The number of rotatable bonds is 2. The van der Waals surface area contributed by atoms with Gasteiger partial charge in [0, 0.05) is 65.9 Å². The highest BCUT2D eigenvalue weighted by atomic mass is 16.6. The summed E-state index contributed by atoms with van der Waals surface area (Å²) >= 11 is 0. The Labute approximate surface area is 530 Å². The van der Waals surface area contributed by atoms with Gasteiger partial charge in [-0.25, -0.2) is 4.79 Å². The third-order valence-corrected chi connectivity index (χ3v) is 25.3. The largest absolute Gasteiger partial charge is 0.507 e. The van der Waals surface area contributed by atoms with Crippen LogP contribution in [0.2, 0.25) is 0 Å². The average molecular weight is 1220 g/mol. The van der Waals surface area contributed by atoms with Crippen LogP contribution in [0.5, 0.6) is 11.5 Å². The van der Waals surface area contributed by atoms with Gasteiger partial charge in [0.15, 0.2) is 0 Å². The van der Waals surface area contributed by atoms with Gasteiger partial charge in [0.05, 0.1) is 42.2 Å². The fourth-order valence-corrected chi connectivity index (χ4v) is 20.9. The number of aromatic hydroxyl groups is 1. The van der Waals surface area contributed by atoms with Crippen LogP contribution in [0.4, 0.5) is 5.69 Å². The number of aliphatic hydroxyl groups is 5. The Morgan fingerprint density at radius 3 is 2.26 bits per heavy atom. The number of aliphatic hydroxyl groups excluding tert-OH is 3. The van der Waals surface area contributed by atoms with Crippen molar-refractivity contribution in [2.24, 2.45) is 58.7 Å². The number of esters is 2. The van der Waals surface area contributed by atoms with E-state index in [1.807, 2.05) is 36.4 Å². The lowest BCUT2D eigenvalue weighted by atomic mass is 9.40. The van der Waals surface area contributed by atoms with Crippen molar-refractivity contribution in [2.75, 3.05) is 11.9 Å². The van der Waals surface area contributed by atoms with Crippen molar-refractivity contribution in [3.63, 3.8) is 0 Å². The molecule has 13 heteroatoms. The van der Waals surface area contributed by atoms with Crippen molar-refractivity contribution in [3.8, 4) is 35.2 Å². The molecule has 0 unspecified atom stereocenters. The van der Waals surface area contributed by atoms with Gasteiger partial charge in [-0.05, 0) is 203 Å². The second kappa shape index (κ2) is 24.1. The molecule has 19 atom stereocenters. The molecule has 90 heavy (non-hydrogen) atoms. The number of Topliss-reactive ketones (excluding diaryl/α,β-unsaturated/α-hetero) is 1. The molecule has 8 fully saturated rings. The fourth-order valence-electron chi connectivity index (χ4n) is 20.9. The van der Waals surface area contributed by atoms with Crippen LogP contribution in [0.15, 0.2) is 60.2 Å². The Balaban J connectivity index is 0.930. The third-order valence-electron chi connectivity index (χ3n) is 25.3. The van der Waals surface area contributed by atoms with Crippen LogP contribution in [-0.4, -0.2) is 96.6 Å². The zero-order valence-corrected chi connectivity index (χ0v) is 52.5. The maximum Gasteiger partial charge on any atom is 0.334 e. The molecule has 7 heterocycles. The summed E-state index contributed by atoms with van der Waals surface area (Å²) in [5, 5.41) is 81.5. The molecule has 7 aliphatic heterocycles. The number of phenols is 1. The molecule has 7 aliphatic carbocycles. The van der Waals surface area contributed by atoms with E-state index in [0.717, 1.165) is 127 Å². The lowest BCUT2D eigenvalue weighted by molar-refractivity contribution is -0.265. The maximum atomic E-state index is 16.3. The fraction of sp³-hybridized carbons (Fsp3) is 0.649. The van der Waals surface area contributed by atoms with E-state index in [4.69, 9.17) is 14.2 Å². The lowest BCUT2D eigenvalue weighted by Gasteiger charge is -2.66. The molecule has 0 aromatic heterocycles. The predicted molar refractivity (Wildman–Crippen MR) is 339 cm³/mol. The molecule has 7 saturated carbocycles. The monoisotopic (exact) mass is 1220 g/mol. The Bertz CT molecular complexity index is 3460. The Hall–Kier alpha value is -5.51. The Kier molecular flexibility index (Phi) is 16.3. The molecule has 17 rings (SSSR count). The molecule has 7 N–H and O–H groups in total. The summed E-state index contributed by atoms with van der Waals surface area (Å²) in [5.41, 5.74) is 1.43. The van der Waals surface area contributed by atoms with E-state index < -0.39 is 70.9 Å². The van der Waals surface area contributed by atoms with Gasteiger partial charge in [-0.15, -0.1) is 0 Å². The van der Waals surface area contributed by atoms with Gasteiger partial charge in [0.2, 0.25) is 0 Å². The van der Waals surface area contributed by atoms with E-state index >= 15 is 4.79 Å². The summed E-state index contributed by atoms with van der Waals surface area (Å²) in [7, 11) is 0. The van der Waals surface area contributed by atoms with Crippen molar-refractivity contribution in [2.45, 2.75) is 246 Å². The first-order valence-corrected chi connectivity index (χ1v) is 35.2. The van der Waals surface area contributed by atoms with Crippen LogP contribution < -0.4 is 10.1 Å². The summed E-state index contributed by atoms with van der Waals surface area (Å²) in [5.74, 6) is 11.8. The molecular weight excluding hydrogens is 1130 g/mol. The molecule has 478 valence electrons. The number of hydrogen-bond acceptors (Lipinski definition) is 13. The lowest BCUT2D eigenvalue weighted by Crippen LogP contribution is -2.71. The van der Waals surface area contributed by atoms with Gasteiger partial charge in [-0.3, -0.25) is 9.59 Å². The number of carbonyl (C=O) groups excluding carboxylic acids is 3. The van der Waals surface area contributed by atoms with Gasteiger partial charge in [-0.1, -0.05) is 105 Å². The van der Waals surface area contributed by atoms with Crippen LogP contribution in [-0.2, 0) is 43.1 Å². The molecule has 1 spiro atoms. The van der Waals surface area contributed by atoms with Crippen molar-refractivity contribution in [1.29, 1.82) is 0 Å². The summed E-state index contributed by atoms with van der Waals surface area (Å²) < 4.78 is 20.3. The summed E-state index contributed by atoms with van der Waals surface area (Å²) in [6, 6.07) is 15.8. The molecule has 18 bridgehead atoms. The summed E-state index contributed by atoms with van der Waals surface area (Å²) in [4.78, 5) is 45.4. The highest BCUT2D eigenvalue weighted by molar-refractivity contribution is 5.89. The SMILES string of the molecule is C[C@]1(O)CNc2cc([C@H]3C#C[C@@H]4CC(=O)Oc5c4cc(c(O)c5C4CCCCC4)C[C@H]4OC(=O)/C(=C\[C@H](O)Cc5cccc(c5)C[C@H]5C(=O)C[C@H]6CC[C@@H]7[C@@H]8CCCC[C@H]8[C@]4(O)[C@H]6[C@H]75)C3)cc(c2)[C@H](O)C2(C#C[C@H]3CC[C@H]4O[C@@H](CC[C@H]4C3)[C@H]1O)CCCCC2. The first-order chi connectivity index (χ1) is 43.5. The summed E-state index contributed by atoms with van der Waals surface area (Å²) in [6.45, 7) is 1.56. The number of benzene rings is 3. The van der Waals surface area contributed by atoms with Gasteiger partial charge in [0.25, 0.3) is 0 Å². The molecule has 0 amide bonds. The van der Waals surface area contributed by atoms with Crippen molar-refractivity contribution in [3.05, 3.63) is 99.1 Å². The van der Waals surface area contributed by atoms with E-state index in [-0.39, 0.29) is 109 Å². The molecule has 3 aromatic rings. The number of ether oxygens (including phenoxy) is 3. The number of carbonyl (C=O) groups is 3. The Morgan fingerprint density at radius 1 is 0.678 bits per heavy atom. The van der Waals surface area contributed by atoms with Gasteiger partial charge in [0.1, 0.15) is 40.7 Å². The zero-order chi connectivity index (χ0) is 61.8. The molecule has 3 aromatic carbocycles. The number of fused-ring (bicyclic) bond motifs is 12. The number of anilines is 1. The van der Waals surface area contributed by atoms with E-state index in [1.54, 1.807) is 13.0 Å². The standard InChI is InChI=1S/C77H93NO12/c1-75(86)42-78-55-35-51(34-53(36-55)72(83)76(26-8-3-9-27-76)28-25-43-17-23-63-49(30-43)21-24-64(88-63)73(75)84)47-18-19-48-41-66(81)90-71-59(48)38-52(70(82)67(71)46-13-4-2-5-14-46)40-65-77(87)61-16-7-6-15-57(61)58-22-20-50-39-62(80)60(68(58)69(50)77)32-45-12-10-11-44(29-45)31-56(79)37-54(33-47)74(85)89-65/h10-12,29,34-38,43,46-50,56-58,60-61,63-65,68-69,72-73,78-79,82-84,86-87H,2-9,13-17,20-24,26-27,30-33,39-42H2,1H3/b54-37-/t43-,47+,48-,49+,50-,56-,57+,58-,60+,61-,63-,64+,65-,68-,69-,72+,73-,75+,77-/m1/s1. The first kappa shape index (κ1) is 60.7. The van der Waals surface area contributed by atoms with Crippen molar-refractivity contribution in [1.82, 2.24) is 0 Å². The highest BCUT2D eigenvalue weighted by Gasteiger charge is 2.69. The minimum absolute atomic E-state index is 0.0102. The normalized spacial score (nSPS) is 40.3. The van der Waals surface area contributed by atoms with Crippen LogP contribution >= 0.6 is 0 Å². The highest BCUT2D eigenvalue weighted by Crippen LogP contribution is 2.66. The third kappa shape index (κ3) is 11.0. The quantitative estimate of drug-likeness (QED) is 0.0724. The molecule has 13 nitrogen and oxygen atoms in total. The van der Waals surface area contributed by atoms with Gasteiger partial charge in [-0.2, -0.15) is 0 Å². The Morgan fingerprint density at radius 2 is 1.42 bits per heavy atom. The smallest absolute Gasteiger partial charge is 0.334 e. The topological polar surface area (TPSA) is 212 Å². The van der Waals surface area contributed by atoms with E-state index in [0.29, 0.717) is 77.3 Å². The minimum Gasteiger partial charge on any atom is -0.507 e. The first-order valence-electron chi connectivity index (χ1n) is 35.2.